The number of amides is 2. The van der Waals surface area contributed by atoms with Gasteiger partial charge in [-0.3, -0.25) is 0 Å². The van der Waals surface area contributed by atoms with Crippen molar-refractivity contribution in [2.75, 3.05) is 26.2 Å². The van der Waals surface area contributed by atoms with E-state index in [1.807, 2.05) is 6.92 Å². The van der Waals surface area contributed by atoms with Gasteiger partial charge in [0.1, 0.15) is 6.04 Å². The number of carbonyl (C=O) groups excluding carboxylic acids is 1. The zero-order valence-corrected chi connectivity index (χ0v) is 10.8. The maximum Gasteiger partial charge on any atom is 0.326 e. The fraction of sp³-hybridized carbons (Fsp3) is 0.833. The lowest BCUT2D eigenvalue weighted by atomic mass is 10.0. The van der Waals surface area contributed by atoms with Crippen LogP contribution in [0, 0.1) is 0 Å². The van der Waals surface area contributed by atoms with Crippen molar-refractivity contribution in [3.8, 4) is 0 Å². The summed E-state index contributed by atoms with van der Waals surface area (Å²) in [5.74, 6) is -0.929. The lowest BCUT2D eigenvalue weighted by Gasteiger charge is -2.36. The molecule has 0 aromatic heterocycles. The molecule has 1 aliphatic rings. The molecule has 1 saturated heterocycles. The lowest BCUT2D eigenvalue weighted by molar-refractivity contribution is -0.143. The summed E-state index contributed by atoms with van der Waals surface area (Å²) in [4.78, 5) is 26.4. The number of carboxylic acids is 1. The van der Waals surface area contributed by atoms with Gasteiger partial charge in [0.05, 0.1) is 0 Å². The highest BCUT2D eigenvalue weighted by atomic mass is 16.4. The van der Waals surface area contributed by atoms with Crippen LogP contribution >= 0.6 is 0 Å². The number of carboxylic acid groups (broad SMARTS) is 1. The molecule has 0 aromatic carbocycles. The third-order valence-electron chi connectivity index (χ3n) is 3.27. The monoisotopic (exact) mass is 258 g/mol. The first-order valence-electron chi connectivity index (χ1n) is 6.51. The molecular weight excluding hydrogens is 236 g/mol. The maximum atomic E-state index is 12.3. The van der Waals surface area contributed by atoms with E-state index in [1.165, 1.54) is 4.90 Å². The molecule has 0 spiro atoms. The first kappa shape index (κ1) is 14.8. The van der Waals surface area contributed by atoms with Crippen molar-refractivity contribution >= 4 is 12.0 Å². The van der Waals surface area contributed by atoms with Crippen molar-refractivity contribution in [1.82, 2.24) is 9.80 Å². The minimum Gasteiger partial charge on any atom is -0.480 e. The van der Waals surface area contributed by atoms with Crippen LogP contribution in [0.1, 0.15) is 32.6 Å². The predicted octanol–water partition coefficient (Wildman–Crippen LogP) is 0.750. The number of hydrogen-bond donors (Lipinski definition) is 2. The third kappa shape index (κ3) is 3.60. The largest absolute Gasteiger partial charge is 0.480 e. The number of likely N-dealkylation sites (tertiary alicyclic amines) is 1. The first-order valence-corrected chi connectivity index (χ1v) is 6.51. The van der Waals surface area contributed by atoms with E-state index < -0.39 is 12.0 Å². The van der Waals surface area contributed by atoms with E-state index in [9.17, 15) is 9.59 Å². The van der Waals surface area contributed by atoms with Crippen LogP contribution in [0.2, 0.25) is 0 Å². The van der Waals surface area contributed by atoms with Crippen LogP contribution in [-0.2, 0) is 4.79 Å². The second kappa shape index (κ2) is 7.20. The number of rotatable bonds is 5. The molecule has 1 atom stereocenters. The van der Waals surface area contributed by atoms with Gasteiger partial charge in [-0.1, -0.05) is 0 Å². The molecule has 1 rings (SSSR count). The van der Waals surface area contributed by atoms with Gasteiger partial charge in [-0.25, -0.2) is 9.59 Å². The number of piperidine rings is 1. The fourth-order valence-electron chi connectivity index (χ4n) is 2.25. The molecule has 0 bridgehead atoms. The van der Waals surface area contributed by atoms with Gasteiger partial charge < -0.3 is 20.0 Å². The first-order chi connectivity index (χ1) is 8.61. The minimum absolute atomic E-state index is 0.0339. The van der Waals surface area contributed by atoms with Crippen molar-refractivity contribution in [1.29, 1.82) is 0 Å². The molecule has 6 nitrogen and oxygen atoms in total. The van der Waals surface area contributed by atoms with E-state index in [1.54, 1.807) is 4.90 Å². The maximum absolute atomic E-state index is 12.3. The second-order valence-electron chi connectivity index (χ2n) is 4.48. The zero-order valence-electron chi connectivity index (χ0n) is 10.8. The molecule has 0 radical (unpaired) electrons. The molecule has 0 aromatic rings. The lowest BCUT2D eigenvalue weighted by Crippen LogP contribution is -2.53. The van der Waals surface area contributed by atoms with E-state index in [0.29, 0.717) is 32.5 Å². The summed E-state index contributed by atoms with van der Waals surface area (Å²) in [6.45, 7) is 3.39. The Balaban J connectivity index is 2.68. The van der Waals surface area contributed by atoms with Crippen LogP contribution in [-0.4, -0.2) is 64.3 Å². The zero-order chi connectivity index (χ0) is 13.5. The number of aliphatic carboxylic acids is 1. The average Bonchev–Trinajstić information content (AvgIpc) is 2.39. The van der Waals surface area contributed by atoms with E-state index in [-0.39, 0.29) is 12.6 Å². The van der Waals surface area contributed by atoms with Gasteiger partial charge in [-0.15, -0.1) is 0 Å². The van der Waals surface area contributed by atoms with Crippen molar-refractivity contribution in [3.63, 3.8) is 0 Å². The van der Waals surface area contributed by atoms with Gasteiger partial charge in [0, 0.05) is 26.2 Å². The number of carbonyl (C=O) groups is 2. The highest BCUT2D eigenvalue weighted by Crippen LogP contribution is 2.19. The van der Waals surface area contributed by atoms with E-state index >= 15 is 0 Å². The second-order valence-corrected chi connectivity index (χ2v) is 4.48. The van der Waals surface area contributed by atoms with Crippen molar-refractivity contribution in [2.45, 2.75) is 38.6 Å². The van der Waals surface area contributed by atoms with Crippen LogP contribution in [0.3, 0.4) is 0 Å². The van der Waals surface area contributed by atoms with Crippen LogP contribution < -0.4 is 0 Å². The van der Waals surface area contributed by atoms with Gasteiger partial charge in [0.2, 0.25) is 0 Å². The van der Waals surface area contributed by atoms with Gasteiger partial charge in [0.15, 0.2) is 0 Å². The molecule has 1 unspecified atom stereocenters. The Bertz CT molecular complexity index is 296. The van der Waals surface area contributed by atoms with Crippen LogP contribution in [0.4, 0.5) is 4.79 Å². The van der Waals surface area contributed by atoms with Gasteiger partial charge >= 0.3 is 12.0 Å². The van der Waals surface area contributed by atoms with E-state index in [0.717, 1.165) is 12.8 Å². The van der Waals surface area contributed by atoms with Crippen molar-refractivity contribution < 1.29 is 19.8 Å². The van der Waals surface area contributed by atoms with Crippen LogP contribution in [0.15, 0.2) is 0 Å². The van der Waals surface area contributed by atoms with Crippen LogP contribution in [0.25, 0.3) is 0 Å². The Kier molecular flexibility index (Phi) is 5.91. The summed E-state index contributed by atoms with van der Waals surface area (Å²) in [7, 11) is 0. The molecule has 2 amide bonds. The summed E-state index contributed by atoms with van der Waals surface area (Å²) in [5, 5.41) is 17.9. The van der Waals surface area contributed by atoms with Crippen molar-refractivity contribution in [2.24, 2.45) is 0 Å². The highest BCUT2D eigenvalue weighted by molar-refractivity contribution is 5.82. The third-order valence-corrected chi connectivity index (χ3v) is 3.27. The van der Waals surface area contributed by atoms with Crippen molar-refractivity contribution in [3.05, 3.63) is 0 Å². The van der Waals surface area contributed by atoms with Gasteiger partial charge in [0.25, 0.3) is 0 Å². The normalized spacial score (nSPS) is 19.7. The molecule has 1 fully saturated rings. The number of aliphatic hydroxyl groups excluding tert-OH is 1. The highest BCUT2D eigenvalue weighted by Gasteiger charge is 2.33. The SMILES string of the molecule is CCN(CCCO)C(=O)N1CCCCC1C(=O)O. The summed E-state index contributed by atoms with van der Waals surface area (Å²) in [5.41, 5.74) is 0. The predicted molar refractivity (Wildman–Crippen MR) is 66.3 cm³/mol. The molecule has 18 heavy (non-hydrogen) atoms. The number of aliphatic hydroxyl groups is 1. The molecular formula is C12H22N2O4. The minimum atomic E-state index is -0.929. The van der Waals surface area contributed by atoms with Crippen LogP contribution in [0.5, 0.6) is 0 Å². The molecule has 104 valence electrons. The number of urea groups is 1. The van der Waals surface area contributed by atoms with Gasteiger partial charge in [-0.05, 0) is 32.6 Å². The molecule has 1 heterocycles. The summed E-state index contributed by atoms with van der Waals surface area (Å²) in [6.07, 6.45) is 2.75. The Morgan fingerprint density at radius 2 is 2.11 bits per heavy atom. The molecule has 0 aliphatic carbocycles. The molecule has 0 saturated carbocycles. The Labute approximate surface area is 107 Å². The Morgan fingerprint density at radius 3 is 2.67 bits per heavy atom. The Hall–Kier alpha value is -1.30. The summed E-state index contributed by atoms with van der Waals surface area (Å²) in [6, 6.07) is -0.924. The standard InChI is InChI=1S/C12H22N2O4/c1-2-13(7-5-9-15)12(18)14-8-4-3-6-10(14)11(16)17/h10,15H,2-9H2,1H3,(H,16,17). The fourth-order valence-corrected chi connectivity index (χ4v) is 2.25. The summed E-state index contributed by atoms with van der Waals surface area (Å²) < 4.78 is 0. The molecule has 6 heteroatoms. The van der Waals surface area contributed by atoms with Gasteiger partial charge in [-0.2, -0.15) is 0 Å². The smallest absolute Gasteiger partial charge is 0.326 e. The molecule has 2 N–H and O–H groups in total. The quantitative estimate of drug-likeness (QED) is 0.762. The topological polar surface area (TPSA) is 81.1 Å². The summed E-state index contributed by atoms with van der Waals surface area (Å²) >= 11 is 0. The number of hydrogen-bond acceptors (Lipinski definition) is 3. The molecule has 1 aliphatic heterocycles. The number of nitrogens with zero attached hydrogens (tertiary/aromatic N) is 2. The van der Waals surface area contributed by atoms with E-state index in [2.05, 4.69) is 0 Å². The van der Waals surface area contributed by atoms with E-state index in [4.69, 9.17) is 10.2 Å². The Morgan fingerprint density at radius 1 is 1.39 bits per heavy atom. The average molecular weight is 258 g/mol.